The van der Waals surface area contributed by atoms with Gasteiger partial charge in [-0.05, 0) is 42.3 Å². The number of alkyl halides is 3. The maximum atomic E-state index is 13.3. The lowest BCUT2D eigenvalue weighted by molar-refractivity contribution is -0.137. The third kappa shape index (κ3) is 4.52. The van der Waals surface area contributed by atoms with Crippen LogP contribution in [0.1, 0.15) is 11.1 Å². The molecule has 1 fully saturated rings. The normalized spacial score (nSPS) is 20.5. The maximum Gasteiger partial charge on any atom is 0.416 e. The van der Waals surface area contributed by atoms with Crippen LogP contribution in [0.5, 0.6) is 0 Å². The van der Waals surface area contributed by atoms with E-state index in [1.165, 1.54) is 12.1 Å². The lowest BCUT2D eigenvalue weighted by atomic mass is 9.82. The van der Waals surface area contributed by atoms with Crippen molar-refractivity contribution in [1.29, 1.82) is 0 Å². The van der Waals surface area contributed by atoms with Crippen molar-refractivity contribution in [2.45, 2.75) is 18.6 Å². The van der Waals surface area contributed by atoms with Crippen molar-refractivity contribution in [3.63, 3.8) is 0 Å². The second-order valence-corrected chi connectivity index (χ2v) is 8.50. The van der Waals surface area contributed by atoms with Crippen molar-refractivity contribution >= 4 is 28.9 Å². The Kier molecular flexibility index (Phi) is 6.53. The first-order valence-corrected chi connectivity index (χ1v) is 10.9. The average Bonchev–Trinajstić information content (AvgIpc) is 2.77. The fourth-order valence-corrected chi connectivity index (χ4v) is 4.89. The van der Waals surface area contributed by atoms with E-state index in [4.69, 9.17) is 16.3 Å². The van der Waals surface area contributed by atoms with Crippen LogP contribution in [0.25, 0.3) is 0 Å². The molecular weight excluding hydrogens is 443 g/mol. The molecular formula is C23H25ClF3N3O2. The van der Waals surface area contributed by atoms with E-state index < -0.39 is 17.7 Å². The molecule has 0 aliphatic carbocycles. The lowest BCUT2D eigenvalue weighted by Gasteiger charge is -2.49. The third-order valence-electron chi connectivity index (χ3n) is 6.17. The Balaban J connectivity index is 1.66. The van der Waals surface area contributed by atoms with E-state index in [9.17, 15) is 18.0 Å². The van der Waals surface area contributed by atoms with Crippen molar-refractivity contribution in [3.8, 4) is 0 Å². The van der Waals surface area contributed by atoms with Crippen LogP contribution in [0.15, 0.2) is 42.5 Å². The molecule has 5 nitrogen and oxygen atoms in total. The molecule has 2 atom stereocenters. The number of halogens is 4. The molecule has 2 aliphatic rings. The third-order valence-corrected chi connectivity index (χ3v) is 6.49. The Hall–Kier alpha value is -2.45. The summed E-state index contributed by atoms with van der Waals surface area (Å²) in [5.41, 5.74) is 1.52. The molecule has 1 N–H and O–H groups in total. The number of carbonyl (C=O) groups excluding carboxylic acids is 1. The highest BCUT2D eigenvalue weighted by Gasteiger charge is 2.43. The fraction of sp³-hybridized carbons (Fsp3) is 0.435. The molecule has 2 aromatic carbocycles. The minimum Gasteiger partial charge on any atom is -0.383 e. The van der Waals surface area contributed by atoms with E-state index in [1.807, 2.05) is 24.3 Å². The van der Waals surface area contributed by atoms with Crippen LogP contribution in [0.3, 0.4) is 0 Å². The van der Waals surface area contributed by atoms with Gasteiger partial charge in [0.05, 0.1) is 34.8 Å². The highest BCUT2D eigenvalue weighted by atomic mass is 35.5. The number of fused-ring (bicyclic) bond motifs is 3. The van der Waals surface area contributed by atoms with Gasteiger partial charge >= 0.3 is 6.18 Å². The van der Waals surface area contributed by atoms with Crippen LogP contribution >= 0.6 is 11.6 Å². The summed E-state index contributed by atoms with van der Waals surface area (Å²) >= 11 is 6.40. The van der Waals surface area contributed by atoms with E-state index in [1.54, 1.807) is 7.11 Å². The number of piperazine rings is 1. The molecule has 172 valence electrons. The number of nitrogens with one attached hydrogen (secondary N) is 1. The summed E-state index contributed by atoms with van der Waals surface area (Å²) in [6.45, 7) is 2.50. The number of rotatable bonds is 5. The van der Waals surface area contributed by atoms with Crippen molar-refractivity contribution in [1.82, 2.24) is 5.32 Å². The van der Waals surface area contributed by atoms with Crippen LogP contribution < -0.4 is 15.1 Å². The quantitative estimate of drug-likeness (QED) is 0.675. The van der Waals surface area contributed by atoms with Gasteiger partial charge in [0.15, 0.2) is 0 Å². The van der Waals surface area contributed by atoms with Gasteiger partial charge in [-0.15, -0.1) is 0 Å². The first kappa shape index (κ1) is 22.7. The Morgan fingerprint density at radius 3 is 2.69 bits per heavy atom. The molecule has 0 bridgehead atoms. The summed E-state index contributed by atoms with van der Waals surface area (Å²) in [5, 5.41) is 3.50. The largest absolute Gasteiger partial charge is 0.416 e. The van der Waals surface area contributed by atoms with Gasteiger partial charge in [0.2, 0.25) is 5.91 Å². The van der Waals surface area contributed by atoms with Gasteiger partial charge in [-0.2, -0.15) is 13.2 Å². The van der Waals surface area contributed by atoms with Crippen LogP contribution in [-0.2, 0) is 22.1 Å². The summed E-state index contributed by atoms with van der Waals surface area (Å²) in [7, 11) is 1.55. The number of ether oxygens (including phenoxy) is 1. The predicted molar refractivity (Wildman–Crippen MR) is 118 cm³/mol. The highest BCUT2D eigenvalue weighted by Crippen LogP contribution is 2.40. The Labute approximate surface area is 190 Å². The minimum absolute atomic E-state index is 0.180. The van der Waals surface area contributed by atoms with Gasteiger partial charge in [0, 0.05) is 39.0 Å². The van der Waals surface area contributed by atoms with Crippen LogP contribution in [0.4, 0.5) is 24.5 Å². The zero-order chi connectivity index (χ0) is 22.9. The molecule has 1 saturated heterocycles. The zero-order valence-electron chi connectivity index (χ0n) is 17.7. The van der Waals surface area contributed by atoms with Gasteiger partial charge in [0.1, 0.15) is 0 Å². The molecule has 1 amide bonds. The van der Waals surface area contributed by atoms with Crippen LogP contribution in [0, 0.1) is 5.92 Å². The molecule has 2 aliphatic heterocycles. The van der Waals surface area contributed by atoms with Gasteiger partial charge in [-0.25, -0.2) is 0 Å². The molecule has 0 aromatic heterocycles. The van der Waals surface area contributed by atoms with E-state index in [0.29, 0.717) is 43.4 Å². The van der Waals surface area contributed by atoms with Gasteiger partial charge < -0.3 is 19.9 Å². The number of anilines is 2. The zero-order valence-corrected chi connectivity index (χ0v) is 18.4. The number of hydrogen-bond acceptors (Lipinski definition) is 4. The lowest BCUT2D eigenvalue weighted by Crippen LogP contribution is -2.61. The first-order chi connectivity index (χ1) is 15.3. The van der Waals surface area contributed by atoms with Crippen LogP contribution in [-0.4, -0.2) is 51.8 Å². The van der Waals surface area contributed by atoms with Crippen molar-refractivity contribution in [3.05, 3.63) is 58.6 Å². The minimum atomic E-state index is -4.43. The molecule has 2 aromatic rings. The van der Waals surface area contributed by atoms with E-state index in [-0.39, 0.29) is 18.4 Å². The smallest absolute Gasteiger partial charge is 0.383 e. The Morgan fingerprint density at radius 2 is 1.97 bits per heavy atom. The topological polar surface area (TPSA) is 44.8 Å². The summed E-state index contributed by atoms with van der Waals surface area (Å²) in [6.07, 6.45) is -4.18. The molecule has 0 unspecified atom stereocenters. The monoisotopic (exact) mass is 467 g/mol. The first-order valence-electron chi connectivity index (χ1n) is 10.5. The number of para-hydroxylation sites is 1. The molecule has 9 heteroatoms. The number of methoxy groups -OCH3 is 1. The molecule has 32 heavy (non-hydrogen) atoms. The highest BCUT2D eigenvalue weighted by molar-refractivity contribution is 6.33. The molecule has 2 heterocycles. The molecule has 0 spiro atoms. The average molecular weight is 468 g/mol. The second-order valence-electron chi connectivity index (χ2n) is 8.09. The number of benzene rings is 2. The van der Waals surface area contributed by atoms with Gasteiger partial charge in [-0.1, -0.05) is 23.7 Å². The number of carbonyl (C=O) groups is 1. The molecule has 0 saturated carbocycles. The van der Waals surface area contributed by atoms with Crippen LogP contribution in [0.2, 0.25) is 5.02 Å². The second kappa shape index (κ2) is 9.19. The van der Waals surface area contributed by atoms with Crippen molar-refractivity contribution < 1.29 is 22.7 Å². The number of amides is 1. The molecule has 4 rings (SSSR count). The Bertz CT molecular complexity index is 985. The number of nitrogens with zero attached hydrogens (tertiary/aromatic N) is 2. The molecule has 0 radical (unpaired) electrons. The van der Waals surface area contributed by atoms with E-state index in [2.05, 4.69) is 15.1 Å². The SMILES string of the molecule is COCCNC(=O)[C@H]1Cc2cc(C(F)(F)F)ccc2N2CCN(c3ccccc3Cl)C[C@@H]12. The summed E-state index contributed by atoms with van der Waals surface area (Å²) in [4.78, 5) is 17.3. The standard InChI is InChI=1S/C23H25ClF3N3O2/c1-32-11-8-28-22(31)17-13-15-12-16(23(25,26)27)6-7-19(15)30-10-9-29(14-21(17)30)20-5-3-2-4-18(20)24/h2-7,12,17,21H,8-11,13-14H2,1H3,(H,28,31)/t17-,21-/m0/s1. The van der Waals surface area contributed by atoms with Crippen molar-refractivity contribution in [2.75, 3.05) is 49.7 Å². The summed E-state index contributed by atoms with van der Waals surface area (Å²) < 4.78 is 44.9. The fourth-order valence-electron chi connectivity index (χ4n) is 4.63. The Morgan fingerprint density at radius 1 is 1.19 bits per heavy atom. The van der Waals surface area contributed by atoms with Gasteiger partial charge in [0.25, 0.3) is 0 Å². The van der Waals surface area contributed by atoms with Crippen molar-refractivity contribution in [2.24, 2.45) is 5.92 Å². The maximum absolute atomic E-state index is 13.3. The number of hydrogen-bond donors (Lipinski definition) is 1. The summed E-state index contributed by atoms with van der Waals surface area (Å²) in [6, 6.07) is 11.2. The predicted octanol–water partition coefficient (Wildman–Crippen LogP) is 3.99. The van der Waals surface area contributed by atoms with E-state index >= 15 is 0 Å². The van der Waals surface area contributed by atoms with E-state index in [0.717, 1.165) is 17.4 Å². The summed E-state index contributed by atoms with van der Waals surface area (Å²) in [5.74, 6) is -0.672. The van der Waals surface area contributed by atoms with Gasteiger partial charge in [-0.3, -0.25) is 4.79 Å².